The van der Waals surface area contributed by atoms with Crippen molar-refractivity contribution in [2.45, 2.75) is 12.6 Å². The molecule has 4 nitrogen and oxygen atoms in total. The molecule has 1 aromatic carbocycles. The Bertz CT molecular complexity index is 621. The van der Waals surface area contributed by atoms with Crippen LogP contribution in [0.2, 0.25) is 0 Å². The van der Waals surface area contributed by atoms with Gasteiger partial charge in [-0.25, -0.2) is 0 Å². The Morgan fingerprint density at radius 2 is 2.14 bits per heavy atom. The molecule has 22 heavy (non-hydrogen) atoms. The summed E-state index contributed by atoms with van der Waals surface area (Å²) < 4.78 is 6.59. The molecule has 0 aliphatic carbocycles. The number of piperazine rings is 1. The van der Waals surface area contributed by atoms with Crippen molar-refractivity contribution in [3.8, 4) is 5.75 Å². The van der Waals surface area contributed by atoms with Crippen LogP contribution in [-0.2, 0) is 6.54 Å². The van der Waals surface area contributed by atoms with Gasteiger partial charge in [0, 0.05) is 54.7 Å². The minimum atomic E-state index is 0.362. The monoisotopic (exact) mass is 361 g/mol. The SMILES string of the molecule is COc1ccc(Br)cc1CN1CCNCC1c1ccncc1. The number of nitrogens with one attached hydrogen (secondary N) is 1. The van der Waals surface area contributed by atoms with Crippen LogP contribution in [0, 0.1) is 0 Å². The summed E-state index contributed by atoms with van der Waals surface area (Å²) in [5, 5.41) is 3.49. The van der Waals surface area contributed by atoms with E-state index in [9.17, 15) is 0 Å². The Kier molecular flexibility index (Phi) is 5.08. The molecule has 1 unspecified atom stereocenters. The van der Waals surface area contributed by atoms with Gasteiger partial charge in [-0.1, -0.05) is 15.9 Å². The number of aromatic nitrogens is 1. The normalized spacial score (nSPS) is 19.1. The second kappa shape index (κ2) is 7.22. The van der Waals surface area contributed by atoms with E-state index in [0.29, 0.717) is 6.04 Å². The van der Waals surface area contributed by atoms with Gasteiger partial charge in [0.15, 0.2) is 0 Å². The van der Waals surface area contributed by atoms with Crippen LogP contribution >= 0.6 is 15.9 Å². The summed E-state index contributed by atoms with van der Waals surface area (Å²) in [6, 6.07) is 10.7. The molecule has 0 amide bonds. The third-order valence-electron chi connectivity index (χ3n) is 4.06. The topological polar surface area (TPSA) is 37.4 Å². The number of hydrogen-bond donors (Lipinski definition) is 1. The molecule has 1 aromatic heterocycles. The minimum absolute atomic E-state index is 0.362. The molecule has 1 N–H and O–H groups in total. The number of ether oxygens (including phenoxy) is 1. The van der Waals surface area contributed by atoms with Gasteiger partial charge in [-0.05, 0) is 35.9 Å². The zero-order valence-corrected chi connectivity index (χ0v) is 14.2. The molecule has 1 aliphatic heterocycles. The number of rotatable bonds is 4. The van der Waals surface area contributed by atoms with Crippen LogP contribution in [0.3, 0.4) is 0 Å². The molecule has 1 atom stereocenters. The first-order valence-electron chi connectivity index (χ1n) is 7.45. The van der Waals surface area contributed by atoms with Crippen LogP contribution in [0.5, 0.6) is 5.75 Å². The van der Waals surface area contributed by atoms with E-state index in [1.165, 1.54) is 11.1 Å². The summed E-state index contributed by atoms with van der Waals surface area (Å²) in [5.41, 5.74) is 2.51. The van der Waals surface area contributed by atoms with Crippen LogP contribution < -0.4 is 10.1 Å². The van der Waals surface area contributed by atoms with Crippen LogP contribution in [0.4, 0.5) is 0 Å². The zero-order chi connectivity index (χ0) is 15.4. The van der Waals surface area contributed by atoms with E-state index in [1.807, 2.05) is 24.5 Å². The quantitative estimate of drug-likeness (QED) is 0.908. The van der Waals surface area contributed by atoms with Crippen molar-refractivity contribution in [1.29, 1.82) is 0 Å². The lowest BCUT2D eigenvalue weighted by Gasteiger charge is -2.36. The number of methoxy groups -OCH3 is 1. The first kappa shape index (κ1) is 15.5. The van der Waals surface area contributed by atoms with Crippen molar-refractivity contribution < 1.29 is 4.74 Å². The fraction of sp³-hybridized carbons (Fsp3) is 0.353. The van der Waals surface area contributed by atoms with E-state index in [1.54, 1.807) is 7.11 Å². The minimum Gasteiger partial charge on any atom is -0.496 e. The van der Waals surface area contributed by atoms with Gasteiger partial charge in [0.05, 0.1) is 7.11 Å². The van der Waals surface area contributed by atoms with E-state index in [2.05, 4.69) is 49.3 Å². The zero-order valence-electron chi connectivity index (χ0n) is 12.6. The van der Waals surface area contributed by atoms with Crippen molar-refractivity contribution >= 4 is 15.9 Å². The van der Waals surface area contributed by atoms with Crippen molar-refractivity contribution in [2.75, 3.05) is 26.7 Å². The average Bonchev–Trinajstić information content (AvgIpc) is 2.56. The molecular weight excluding hydrogens is 342 g/mol. The lowest BCUT2D eigenvalue weighted by atomic mass is 10.0. The highest BCUT2D eigenvalue weighted by molar-refractivity contribution is 9.10. The lowest BCUT2D eigenvalue weighted by molar-refractivity contribution is 0.152. The predicted octanol–water partition coefficient (Wildman–Crippen LogP) is 3.00. The third-order valence-corrected chi connectivity index (χ3v) is 4.55. The molecule has 0 radical (unpaired) electrons. The lowest BCUT2D eigenvalue weighted by Crippen LogP contribution is -2.45. The van der Waals surface area contributed by atoms with E-state index in [0.717, 1.165) is 36.4 Å². The molecule has 0 spiro atoms. The van der Waals surface area contributed by atoms with Gasteiger partial charge in [0.25, 0.3) is 0 Å². The first-order valence-corrected chi connectivity index (χ1v) is 8.24. The highest BCUT2D eigenvalue weighted by Gasteiger charge is 2.24. The molecule has 116 valence electrons. The first-order chi connectivity index (χ1) is 10.8. The summed E-state index contributed by atoms with van der Waals surface area (Å²) in [4.78, 5) is 6.62. The van der Waals surface area contributed by atoms with Gasteiger partial charge in [0.2, 0.25) is 0 Å². The van der Waals surface area contributed by atoms with Crippen molar-refractivity contribution in [2.24, 2.45) is 0 Å². The summed E-state index contributed by atoms with van der Waals surface area (Å²) >= 11 is 3.56. The van der Waals surface area contributed by atoms with E-state index < -0.39 is 0 Å². The van der Waals surface area contributed by atoms with Gasteiger partial charge in [-0.15, -0.1) is 0 Å². The molecule has 0 bridgehead atoms. The van der Waals surface area contributed by atoms with Gasteiger partial charge in [-0.3, -0.25) is 9.88 Å². The number of benzene rings is 1. The number of nitrogens with zero attached hydrogens (tertiary/aromatic N) is 2. The fourth-order valence-corrected chi connectivity index (χ4v) is 3.35. The highest BCUT2D eigenvalue weighted by Crippen LogP contribution is 2.29. The predicted molar refractivity (Wildman–Crippen MR) is 91.0 cm³/mol. The van der Waals surface area contributed by atoms with Gasteiger partial charge < -0.3 is 10.1 Å². The average molecular weight is 362 g/mol. The molecule has 0 saturated carbocycles. The summed E-state index contributed by atoms with van der Waals surface area (Å²) in [5.74, 6) is 0.940. The Labute approximate surface area is 139 Å². The molecule has 1 aliphatic rings. The molecule has 2 heterocycles. The van der Waals surface area contributed by atoms with E-state index in [4.69, 9.17) is 4.74 Å². The Morgan fingerprint density at radius 3 is 2.91 bits per heavy atom. The smallest absolute Gasteiger partial charge is 0.123 e. The Hall–Kier alpha value is -1.43. The van der Waals surface area contributed by atoms with Gasteiger partial charge in [0.1, 0.15) is 5.75 Å². The third kappa shape index (κ3) is 3.48. The molecule has 2 aromatic rings. The van der Waals surface area contributed by atoms with Crippen LogP contribution in [-0.4, -0.2) is 36.6 Å². The van der Waals surface area contributed by atoms with E-state index in [-0.39, 0.29) is 0 Å². The van der Waals surface area contributed by atoms with Crippen molar-refractivity contribution in [3.63, 3.8) is 0 Å². The standard InChI is InChI=1S/C17H20BrN3O/c1-22-17-3-2-15(18)10-14(17)12-21-9-8-20-11-16(21)13-4-6-19-7-5-13/h2-7,10,16,20H,8-9,11-12H2,1H3. The maximum atomic E-state index is 5.51. The largest absolute Gasteiger partial charge is 0.496 e. The Balaban J connectivity index is 1.84. The number of halogens is 1. The maximum absolute atomic E-state index is 5.51. The molecule has 1 fully saturated rings. The van der Waals surface area contributed by atoms with Crippen LogP contribution in [0.15, 0.2) is 47.2 Å². The molecule has 5 heteroatoms. The summed E-state index contributed by atoms with van der Waals surface area (Å²) in [6.07, 6.45) is 3.73. The van der Waals surface area contributed by atoms with Crippen molar-refractivity contribution in [3.05, 3.63) is 58.3 Å². The van der Waals surface area contributed by atoms with E-state index >= 15 is 0 Å². The molecule has 3 rings (SSSR count). The van der Waals surface area contributed by atoms with Crippen molar-refractivity contribution in [1.82, 2.24) is 15.2 Å². The second-order valence-electron chi connectivity index (χ2n) is 5.43. The van der Waals surface area contributed by atoms with Gasteiger partial charge >= 0.3 is 0 Å². The van der Waals surface area contributed by atoms with Crippen LogP contribution in [0.1, 0.15) is 17.2 Å². The highest BCUT2D eigenvalue weighted by atomic mass is 79.9. The Morgan fingerprint density at radius 1 is 1.32 bits per heavy atom. The summed E-state index contributed by atoms with van der Waals surface area (Å²) in [6.45, 7) is 3.86. The number of hydrogen-bond acceptors (Lipinski definition) is 4. The van der Waals surface area contributed by atoms with Crippen LogP contribution in [0.25, 0.3) is 0 Å². The maximum Gasteiger partial charge on any atom is 0.123 e. The van der Waals surface area contributed by atoms with Gasteiger partial charge in [-0.2, -0.15) is 0 Å². The molecular formula is C17H20BrN3O. The summed E-state index contributed by atoms with van der Waals surface area (Å²) in [7, 11) is 1.73. The fourth-order valence-electron chi connectivity index (χ4n) is 2.94. The molecule has 1 saturated heterocycles. The second-order valence-corrected chi connectivity index (χ2v) is 6.34. The number of pyridine rings is 1.